The highest BCUT2D eigenvalue weighted by atomic mass is 19.4. The number of halogens is 3. The van der Waals surface area contributed by atoms with Crippen molar-refractivity contribution in [3.8, 4) is 5.69 Å². The molecule has 0 fully saturated rings. The lowest BCUT2D eigenvalue weighted by Crippen LogP contribution is -2.06. The molecule has 0 saturated heterocycles. The Bertz CT molecular complexity index is 519. The second-order valence-electron chi connectivity index (χ2n) is 3.46. The fourth-order valence-corrected chi connectivity index (χ4v) is 1.41. The van der Waals surface area contributed by atoms with Gasteiger partial charge in [0, 0.05) is 6.20 Å². The second-order valence-corrected chi connectivity index (χ2v) is 3.46. The van der Waals surface area contributed by atoms with Gasteiger partial charge in [-0.2, -0.15) is 18.3 Å². The van der Waals surface area contributed by atoms with E-state index in [-0.39, 0.29) is 6.61 Å². The molecule has 0 aliphatic rings. The van der Waals surface area contributed by atoms with Gasteiger partial charge in [0.2, 0.25) is 0 Å². The van der Waals surface area contributed by atoms with Crippen molar-refractivity contribution in [3.05, 3.63) is 47.8 Å². The molecule has 0 unspecified atom stereocenters. The third-order valence-corrected chi connectivity index (χ3v) is 2.24. The summed E-state index contributed by atoms with van der Waals surface area (Å²) in [5.74, 6) is 0. The van der Waals surface area contributed by atoms with Gasteiger partial charge in [0.25, 0.3) is 0 Å². The number of hydrogen-bond donors (Lipinski definition) is 1. The first kappa shape index (κ1) is 11.7. The Morgan fingerprint density at radius 1 is 1.24 bits per heavy atom. The minimum atomic E-state index is -4.37. The molecule has 17 heavy (non-hydrogen) atoms. The van der Waals surface area contributed by atoms with Gasteiger partial charge in [-0.05, 0) is 24.3 Å². The first-order valence-electron chi connectivity index (χ1n) is 4.84. The zero-order valence-corrected chi connectivity index (χ0v) is 8.65. The largest absolute Gasteiger partial charge is 0.416 e. The van der Waals surface area contributed by atoms with Crippen LogP contribution in [-0.2, 0) is 12.8 Å². The van der Waals surface area contributed by atoms with E-state index in [1.165, 1.54) is 23.0 Å². The summed E-state index contributed by atoms with van der Waals surface area (Å²) in [7, 11) is 0. The number of aromatic nitrogens is 2. The van der Waals surface area contributed by atoms with Gasteiger partial charge in [0.05, 0.1) is 23.6 Å². The molecule has 2 aromatic rings. The number of benzene rings is 1. The molecule has 0 spiro atoms. The molecule has 1 aromatic carbocycles. The zero-order valence-electron chi connectivity index (χ0n) is 8.65. The molecular formula is C11H9F3N2O. The SMILES string of the molecule is OCc1ccn(-c2cccc(C(F)(F)F)c2)n1. The molecule has 1 heterocycles. The normalized spacial score (nSPS) is 11.8. The van der Waals surface area contributed by atoms with Crippen LogP contribution in [0.25, 0.3) is 5.69 Å². The van der Waals surface area contributed by atoms with Crippen molar-refractivity contribution in [2.24, 2.45) is 0 Å². The van der Waals surface area contributed by atoms with Crippen molar-refractivity contribution in [3.63, 3.8) is 0 Å². The molecule has 0 bridgehead atoms. The highest BCUT2D eigenvalue weighted by Gasteiger charge is 2.30. The number of alkyl halides is 3. The third-order valence-electron chi connectivity index (χ3n) is 2.24. The van der Waals surface area contributed by atoms with E-state index in [9.17, 15) is 13.2 Å². The smallest absolute Gasteiger partial charge is 0.390 e. The molecule has 3 nitrogen and oxygen atoms in total. The summed E-state index contributed by atoms with van der Waals surface area (Å²) >= 11 is 0. The maximum absolute atomic E-state index is 12.5. The molecule has 0 saturated carbocycles. The predicted molar refractivity (Wildman–Crippen MR) is 54.5 cm³/mol. The Balaban J connectivity index is 2.39. The van der Waals surface area contributed by atoms with Gasteiger partial charge >= 0.3 is 6.18 Å². The maximum atomic E-state index is 12.5. The molecule has 2 rings (SSSR count). The van der Waals surface area contributed by atoms with Gasteiger partial charge < -0.3 is 5.11 Å². The molecule has 6 heteroatoms. The van der Waals surface area contributed by atoms with Crippen LogP contribution in [0, 0.1) is 0 Å². The Morgan fingerprint density at radius 3 is 2.59 bits per heavy atom. The van der Waals surface area contributed by atoms with Crippen molar-refractivity contribution in [2.75, 3.05) is 0 Å². The lowest BCUT2D eigenvalue weighted by Gasteiger charge is -2.08. The van der Waals surface area contributed by atoms with Crippen LogP contribution >= 0.6 is 0 Å². The molecule has 1 aromatic heterocycles. The molecular weight excluding hydrogens is 233 g/mol. The Hall–Kier alpha value is -1.82. The first-order chi connectivity index (χ1) is 8.00. The van der Waals surface area contributed by atoms with E-state index in [0.29, 0.717) is 11.4 Å². The monoisotopic (exact) mass is 242 g/mol. The van der Waals surface area contributed by atoms with E-state index in [0.717, 1.165) is 12.1 Å². The van der Waals surface area contributed by atoms with Crippen molar-refractivity contribution in [1.82, 2.24) is 9.78 Å². The minimum absolute atomic E-state index is 0.244. The van der Waals surface area contributed by atoms with Crippen LogP contribution < -0.4 is 0 Å². The van der Waals surface area contributed by atoms with Crippen LogP contribution in [0.1, 0.15) is 11.3 Å². The molecule has 90 valence electrons. The number of aliphatic hydroxyl groups excluding tert-OH is 1. The van der Waals surface area contributed by atoms with Crippen LogP contribution in [0.2, 0.25) is 0 Å². The fraction of sp³-hybridized carbons (Fsp3) is 0.182. The van der Waals surface area contributed by atoms with Crippen LogP contribution in [-0.4, -0.2) is 14.9 Å². The van der Waals surface area contributed by atoms with Crippen molar-refractivity contribution >= 4 is 0 Å². The lowest BCUT2D eigenvalue weighted by molar-refractivity contribution is -0.137. The number of rotatable bonds is 2. The highest BCUT2D eigenvalue weighted by Crippen LogP contribution is 2.30. The molecule has 1 N–H and O–H groups in total. The molecule has 0 amide bonds. The maximum Gasteiger partial charge on any atom is 0.416 e. The van der Waals surface area contributed by atoms with Crippen molar-refractivity contribution < 1.29 is 18.3 Å². The van der Waals surface area contributed by atoms with E-state index in [2.05, 4.69) is 5.10 Å². The van der Waals surface area contributed by atoms with Crippen LogP contribution in [0.4, 0.5) is 13.2 Å². The number of nitrogens with zero attached hydrogens (tertiary/aromatic N) is 2. The Kier molecular flexibility index (Phi) is 2.89. The van der Waals surface area contributed by atoms with Gasteiger partial charge in [0.1, 0.15) is 0 Å². The van der Waals surface area contributed by atoms with E-state index in [4.69, 9.17) is 5.11 Å². The number of hydrogen-bond acceptors (Lipinski definition) is 2. The van der Waals surface area contributed by atoms with Gasteiger partial charge in [-0.25, -0.2) is 4.68 Å². The van der Waals surface area contributed by atoms with Crippen molar-refractivity contribution in [2.45, 2.75) is 12.8 Å². The minimum Gasteiger partial charge on any atom is -0.390 e. The summed E-state index contributed by atoms with van der Waals surface area (Å²) < 4.78 is 38.7. The quantitative estimate of drug-likeness (QED) is 0.878. The van der Waals surface area contributed by atoms with E-state index < -0.39 is 11.7 Å². The van der Waals surface area contributed by atoms with Gasteiger partial charge in [-0.15, -0.1) is 0 Å². The van der Waals surface area contributed by atoms with Crippen LogP contribution in [0.15, 0.2) is 36.5 Å². The van der Waals surface area contributed by atoms with E-state index in [1.807, 2.05) is 0 Å². The fourth-order valence-electron chi connectivity index (χ4n) is 1.41. The molecule has 0 aliphatic carbocycles. The zero-order chi connectivity index (χ0) is 12.5. The lowest BCUT2D eigenvalue weighted by atomic mass is 10.2. The molecule has 0 aliphatic heterocycles. The van der Waals surface area contributed by atoms with Crippen molar-refractivity contribution in [1.29, 1.82) is 0 Å². The van der Waals surface area contributed by atoms with Gasteiger partial charge in [0.15, 0.2) is 0 Å². The summed E-state index contributed by atoms with van der Waals surface area (Å²) in [5.41, 5.74) is -0.0158. The number of aliphatic hydroxyl groups is 1. The molecule has 0 radical (unpaired) electrons. The summed E-state index contributed by atoms with van der Waals surface area (Å²) in [5, 5.41) is 12.7. The van der Waals surface area contributed by atoms with Crippen LogP contribution in [0.5, 0.6) is 0 Å². The second kappa shape index (κ2) is 4.21. The molecule has 0 atom stereocenters. The van der Waals surface area contributed by atoms with Crippen LogP contribution in [0.3, 0.4) is 0 Å². The van der Waals surface area contributed by atoms with E-state index in [1.54, 1.807) is 6.07 Å². The predicted octanol–water partition coefficient (Wildman–Crippen LogP) is 2.38. The third kappa shape index (κ3) is 2.47. The topological polar surface area (TPSA) is 38.0 Å². The average molecular weight is 242 g/mol. The van der Waals surface area contributed by atoms with E-state index >= 15 is 0 Å². The van der Waals surface area contributed by atoms with Gasteiger partial charge in [-0.3, -0.25) is 0 Å². The first-order valence-corrected chi connectivity index (χ1v) is 4.84. The summed E-state index contributed by atoms with van der Waals surface area (Å²) in [6.07, 6.45) is -2.87. The Labute approximate surface area is 95.1 Å². The summed E-state index contributed by atoms with van der Waals surface area (Å²) in [6.45, 7) is -0.244. The Morgan fingerprint density at radius 2 is 2.00 bits per heavy atom. The average Bonchev–Trinajstić information content (AvgIpc) is 2.76. The summed E-state index contributed by atoms with van der Waals surface area (Å²) in [4.78, 5) is 0. The summed E-state index contributed by atoms with van der Waals surface area (Å²) in [6, 6.07) is 6.39. The van der Waals surface area contributed by atoms with Gasteiger partial charge in [-0.1, -0.05) is 6.07 Å². The standard InChI is InChI=1S/C11H9F3N2O/c12-11(13,14)8-2-1-3-10(6-8)16-5-4-9(7-17)15-16/h1-6,17H,7H2. The highest BCUT2D eigenvalue weighted by molar-refractivity contribution is 5.36.